The molecule has 31 heavy (non-hydrogen) atoms. The molecule has 3 rings (SSSR count). The third kappa shape index (κ3) is 5.62. The van der Waals surface area contributed by atoms with Gasteiger partial charge in [0.15, 0.2) is 0 Å². The number of aromatic hydroxyl groups is 1. The van der Waals surface area contributed by atoms with Gasteiger partial charge in [0.25, 0.3) is 5.91 Å². The van der Waals surface area contributed by atoms with Crippen LogP contribution < -0.4 is 16.4 Å². The van der Waals surface area contributed by atoms with E-state index in [-0.39, 0.29) is 36.3 Å². The first-order valence-electron chi connectivity index (χ1n) is 9.75. The Morgan fingerprint density at radius 1 is 1.26 bits per heavy atom. The Balaban J connectivity index is 1.54. The fourth-order valence-corrected chi connectivity index (χ4v) is 3.47. The van der Waals surface area contributed by atoms with E-state index in [0.29, 0.717) is 30.8 Å². The Kier molecular flexibility index (Phi) is 6.58. The highest BCUT2D eigenvalue weighted by Crippen LogP contribution is 2.31. The third-order valence-electron chi connectivity index (χ3n) is 5.12. The van der Waals surface area contributed by atoms with Crippen LogP contribution in [0.2, 0.25) is 0 Å². The summed E-state index contributed by atoms with van der Waals surface area (Å²) < 4.78 is 0. The summed E-state index contributed by atoms with van der Waals surface area (Å²) in [6, 6.07) is 2.01. The zero-order valence-electron chi connectivity index (χ0n) is 16.6. The number of nitrogens with zero attached hydrogens (tertiary/aromatic N) is 2. The van der Waals surface area contributed by atoms with Crippen LogP contribution in [0.5, 0.6) is 5.88 Å². The molecule has 0 bridgehead atoms. The number of hydrogen-bond acceptors (Lipinski definition) is 8. The summed E-state index contributed by atoms with van der Waals surface area (Å²) >= 11 is 0. The van der Waals surface area contributed by atoms with Crippen molar-refractivity contribution in [3.8, 4) is 5.88 Å². The van der Waals surface area contributed by atoms with E-state index in [0.717, 1.165) is 12.1 Å². The number of nitrogens with one attached hydrogen (secondary N) is 3. The minimum absolute atomic E-state index is 0.00693. The molecule has 12 heteroatoms. The van der Waals surface area contributed by atoms with Crippen molar-refractivity contribution in [2.45, 2.75) is 38.1 Å². The molecule has 1 aliphatic heterocycles. The number of H-pyrrole nitrogens is 1. The average Bonchev–Trinajstić information content (AvgIpc) is 3.18. The van der Waals surface area contributed by atoms with Gasteiger partial charge < -0.3 is 36.7 Å². The van der Waals surface area contributed by atoms with Gasteiger partial charge in [-0.2, -0.15) is 9.97 Å². The fourth-order valence-electron chi connectivity index (χ4n) is 3.47. The van der Waals surface area contributed by atoms with Crippen molar-refractivity contribution in [2.75, 3.05) is 17.6 Å². The molecular weight excluding hydrogens is 408 g/mol. The molecule has 166 valence electrons. The smallest absolute Gasteiger partial charge is 0.326 e. The maximum Gasteiger partial charge on any atom is 0.326 e. The van der Waals surface area contributed by atoms with Crippen LogP contribution in [0.1, 0.15) is 41.0 Å². The van der Waals surface area contributed by atoms with Crippen molar-refractivity contribution in [1.29, 1.82) is 0 Å². The zero-order valence-corrected chi connectivity index (χ0v) is 16.6. The minimum atomic E-state index is -1.29. The lowest BCUT2D eigenvalue weighted by Crippen LogP contribution is -2.41. The van der Waals surface area contributed by atoms with Gasteiger partial charge in [-0.05, 0) is 43.7 Å². The molecule has 3 heterocycles. The van der Waals surface area contributed by atoms with E-state index in [9.17, 15) is 19.5 Å². The first-order valence-corrected chi connectivity index (χ1v) is 9.75. The van der Waals surface area contributed by atoms with Crippen LogP contribution in [0.4, 0.5) is 11.8 Å². The summed E-state index contributed by atoms with van der Waals surface area (Å²) in [5.41, 5.74) is 7.16. The number of nitrogens with two attached hydrogens (primary N) is 1. The highest BCUT2D eigenvalue weighted by molar-refractivity contribution is 5.95. The molecule has 0 aliphatic carbocycles. The molecule has 1 unspecified atom stereocenters. The molecule has 2 atom stereocenters. The van der Waals surface area contributed by atoms with Crippen LogP contribution in [0.3, 0.4) is 0 Å². The predicted molar refractivity (Wildman–Crippen MR) is 109 cm³/mol. The SMILES string of the molecule is Nc1nc(O)c2c(n1)NCC(CCc1ccc(C(=O)N[C@@H](CCC(=O)O)C(=O)O)[nH]1)C2. The number of fused-ring (bicyclic) bond motifs is 1. The van der Waals surface area contributed by atoms with Crippen molar-refractivity contribution < 1.29 is 29.7 Å². The summed E-state index contributed by atoms with van der Waals surface area (Å²) in [6.45, 7) is 0.654. The molecule has 0 radical (unpaired) electrons. The first-order chi connectivity index (χ1) is 14.7. The number of anilines is 2. The molecular formula is C19H24N6O6. The van der Waals surface area contributed by atoms with Crippen molar-refractivity contribution in [3.63, 3.8) is 0 Å². The van der Waals surface area contributed by atoms with E-state index in [1.807, 2.05) is 0 Å². The number of carbonyl (C=O) groups excluding carboxylic acids is 1. The Morgan fingerprint density at radius 3 is 2.74 bits per heavy atom. The molecule has 1 aliphatic rings. The number of aliphatic carboxylic acids is 2. The number of carboxylic acid groups (broad SMARTS) is 2. The van der Waals surface area contributed by atoms with Gasteiger partial charge in [-0.3, -0.25) is 9.59 Å². The van der Waals surface area contributed by atoms with Gasteiger partial charge in [-0.1, -0.05) is 0 Å². The largest absolute Gasteiger partial charge is 0.493 e. The molecule has 0 fully saturated rings. The van der Waals surface area contributed by atoms with Gasteiger partial charge in [0.05, 0.1) is 5.56 Å². The molecule has 0 aromatic carbocycles. The predicted octanol–water partition coefficient (Wildman–Crippen LogP) is 0.357. The first kappa shape index (κ1) is 21.9. The Labute approximate surface area is 176 Å². The maximum absolute atomic E-state index is 12.3. The second-order valence-electron chi connectivity index (χ2n) is 7.42. The highest BCUT2D eigenvalue weighted by atomic mass is 16.4. The number of aryl methyl sites for hydroxylation is 1. The van der Waals surface area contributed by atoms with Crippen LogP contribution in [-0.2, 0) is 22.4 Å². The van der Waals surface area contributed by atoms with Crippen LogP contribution in [0.15, 0.2) is 12.1 Å². The van der Waals surface area contributed by atoms with Gasteiger partial charge in [-0.15, -0.1) is 0 Å². The van der Waals surface area contributed by atoms with Gasteiger partial charge in [0.2, 0.25) is 11.8 Å². The van der Waals surface area contributed by atoms with Crippen molar-refractivity contribution in [3.05, 3.63) is 29.1 Å². The van der Waals surface area contributed by atoms with E-state index in [1.165, 1.54) is 0 Å². The summed E-state index contributed by atoms with van der Waals surface area (Å²) in [5, 5.41) is 33.3. The topological polar surface area (TPSA) is 204 Å². The van der Waals surface area contributed by atoms with E-state index in [1.54, 1.807) is 12.1 Å². The zero-order chi connectivity index (χ0) is 22.5. The second-order valence-corrected chi connectivity index (χ2v) is 7.42. The van der Waals surface area contributed by atoms with Gasteiger partial charge in [-0.25, -0.2) is 4.79 Å². The molecule has 0 saturated heterocycles. The van der Waals surface area contributed by atoms with Gasteiger partial charge >= 0.3 is 11.9 Å². The number of carbonyl (C=O) groups is 3. The number of hydrogen-bond donors (Lipinski definition) is 7. The Morgan fingerprint density at radius 2 is 2.03 bits per heavy atom. The lowest BCUT2D eigenvalue weighted by Gasteiger charge is -2.25. The summed E-state index contributed by atoms with van der Waals surface area (Å²) in [6.07, 6.45) is 1.41. The fraction of sp³-hybridized carbons (Fsp3) is 0.421. The normalized spacial score (nSPS) is 16.1. The number of aromatic nitrogens is 3. The molecule has 2 aromatic rings. The average molecular weight is 432 g/mol. The number of aromatic amines is 1. The number of rotatable bonds is 9. The number of carboxylic acids is 2. The number of amides is 1. The van der Waals surface area contributed by atoms with E-state index < -0.39 is 23.9 Å². The van der Waals surface area contributed by atoms with Crippen LogP contribution in [0.25, 0.3) is 0 Å². The van der Waals surface area contributed by atoms with Crippen molar-refractivity contribution in [2.24, 2.45) is 5.92 Å². The van der Waals surface area contributed by atoms with E-state index in [2.05, 4.69) is 25.6 Å². The standard InChI is InChI=1S/C19H24N6O6/c20-19-24-15-11(16(28)25-19)7-9(8-21-15)1-2-10-3-4-12(22-10)17(29)23-13(18(30)31)5-6-14(26)27/h3-4,9,13,22H,1-2,5-8H2,(H,23,29)(H,26,27)(H,30,31)(H4,20,21,24,25,28)/t9?,13-/m0/s1. The van der Waals surface area contributed by atoms with Crippen molar-refractivity contribution >= 4 is 29.6 Å². The van der Waals surface area contributed by atoms with E-state index >= 15 is 0 Å². The molecule has 0 saturated carbocycles. The van der Waals surface area contributed by atoms with Crippen LogP contribution in [-0.4, -0.2) is 60.7 Å². The Bertz CT molecular complexity index is 990. The summed E-state index contributed by atoms with van der Waals surface area (Å²) in [7, 11) is 0. The molecule has 2 aromatic heterocycles. The second kappa shape index (κ2) is 9.32. The molecule has 0 spiro atoms. The molecule has 12 nitrogen and oxygen atoms in total. The quantitative estimate of drug-likeness (QED) is 0.290. The maximum atomic E-state index is 12.3. The summed E-state index contributed by atoms with van der Waals surface area (Å²) in [4.78, 5) is 45.0. The monoisotopic (exact) mass is 432 g/mol. The van der Waals surface area contributed by atoms with Gasteiger partial charge in [0.1, 0.15) is 17.6 Å². The minimum Gasteiger partial charge on any atom is -0.493 e. The van der Waals surface area contributed by atoms with Gasteiger partial charge in [0, 0.05) is 18.7 Å². The van der Waals surface area contributed by atoms with Crippen LogP contribution >= 0.6 is 0 Å². The lowest BCUT2D eigenvalue weighted by atomic mass is 9.92. The van der Waals surface area contributed by atoms with Crippen LogP contribution in [0, 0.1) is 5.92 Å². The highest BCUT2D eigenvalue weighted by Gasteiger charge is 2.24. The third-order valence-corrected chi connectivity index (χ3v) is 5.12. The Hall–Kier alpha value is -3.83. The molecule has 1 amide bonds. The summed E-state index contributed by atoms with van der Waals surface area (Å²) in [5.74, 6) is -2.42. The number of nitrogen functional groups attached to an aromatic ring is 1. The lowest BCUT2D eigenvalue weighted by molar-refractivity contribution is -0.140. The van der Waals surface area contributed by atoms with Crippen molar-refractivity contribution in [1.82, 2.24) is 20.3 Å². The molecule has 8 N–H and O–H groups in total. The van der Waals surface area contributed by atoms with E-state index in [4.69, 9.17) is 15.9 Å².